The van der Waals surface area contributed by atoms with Crippen LogP contribution in [0.1, 0.15) is 28.9 Å². The van der Waals surface area contributed by atoms with Crippen molar-refractivity contribution >= 4 is 17.6 Å². The molecule has 0 aliphatic heterocycles. The minimum atomic E-state index is -0.626. The van der Waals surface area contributed by atoms with Gasteiger partial charge in [-0.15, -0.1) is 0 Å². The standard InChI is InChI=1S/C18H21N3O4/c1-11(12-7-9-13(10-8-12)21-18(19)23)20-17(22)14-5-4-6-15(24-2)16(14)25-3/h4-11H,1-3H3,(H,20,22)(H3,19,21,23). The number of nitrogens with one attached hydrogen (secondary N) is 2. The zero-order chi connectivity index (χ0) is 18.4. The molecule has 0 aliphatic rings. The summed E-state index contributed by atoms with van der Waals surface area (Å²) < 4.78 is 10.5. The predicted octanol–water partition coefficient (Wildman–Crippen LogP) is 2.69. The number of primary amides is 1. The highest BCUT2D eigenvalue weighted by Gasteiger charge is 2.18. The van der Waals surface area contributed by atoms with Gasteiger partial charge in [0, 0.05) is 5.69 Å². The molecule has 0 aromatic heterocycles. The molecular weight excluding hydrogens is 322 g/mol. The Hall–Kier alpha value is -3.22. The highest BCUT2D eigenvalue weighted by Crippen LogP contribution is 2.31. The summed E-state index contributed by atoms with van der Waals surface area (Å²) in [5.41, 5.74) is 6.93. The Kier molecular flexibility index (Phi) is 5.84. The molecule has 0 bridgehead atoms. The number of benzene rings is 2. The Morgan fingerprint density at radius 1 is 1.04 bits per heavy atom. The van der Waals surface area contributed by atoms with Crippen LogP contribution >= 0.6 is 0 Å². The Balaban J connectivity index is 2.14. The van der Waals surface area contributed by atoms with Gasteiger partial charge >= 0.3 is 6.03 Å². The summed E-state index contributed by atoms with van der Waals surface area (Å²) in [7, 11) is 3.01. The maximum Gasteiger partial charge on any atom is 0.316 e. The average molecular weight is 343 g/mol. The summed E-state index contributed by atoms with van der Waals surface area (Å²) in [6, 6.07) is 11.3. The van der Waals surface area contributed by atoms with Gasteiger partial charge in [0.05, 0.1) is 25.8 Å². The second-order valence-electron chi connectivity index (χ2n) is 5.35. The van der Waals surface area contributed by atoms with Gasteiger partial charge in [0.15, 0.2) is 11.5 Å². The lowest BCUT2D eigenvalue weighted by Crippen LogP contribution is -2.27. The zero-order valence-corrected chi connectivity index (χ0v) is 14.3. The first-order valence-corrected chi connectivity index (χ1v) is 7.64. The summed E-state index contributed by atoms with van der Waals surface area (Å²) in [6.07, 6.45) is 0. The van der Waals surface area contributed by atoms with Crippen LogP contribution < -0.4 is 25.8 Å². The molecule has 0 spiro atoms. The molecule has 0 saturated carbocycles. The normalized spacial score (nSPS) is 11.3. The molecule has 0 aliphatic carbocycles. The second kappa shape index (κ2) is 8.05. The number of ether oxygens (including phenoxy) is 2. The van der Waals surface area contributed by atoms with E-state index in [1.807, 2.05) is 6.92 Å². The first kappa shape index (κ1) is 18.1. The maximum absolute atomic E-state index is 12.6. The largest absolute Gasteiger partial charge is 0.493 e. The Labute approximate surface area is 146 Å². The number of urea groups is 1. The molecule has 3 amide bonds. The number of anilines is 1. The number of amides is 3. The molecule has 7 nitrogen and oxygen atoms in total. The maximum atomic E-state index is 12.6. The number of carbonyl (C=O) groups is 2. The van der Waals surface area contributed by atoms with E-state index in [0.717, 1.165) is 5.56 Å². The van der Waals surface area contributed by atoms with Gasteiger partial charge in [-0.3, -0.25) is 4.79 Å². The number of methoxy groups -OCH3 is 2. The van der Waals surface area contributed by atoms with Crippen molar-refractivity contribution in [1.82, 2.24) is 5.32 Å². The van der Waals surface area contributed by atoms with Gasteiger partial charge in [-0.05, 0) is 36.8 Å². The minimum Gasteiger partial charge on any atom is -0.493 e. The molecule has 25 heavy (non-hydrogen) atoms. The van der Waals surface area contributed by atoms with Crippen molar-refractivity contribution in [1.29, 1.82) is 0 Å². The van der Waals surface area contributed by atoms with Crippen LogP contribution in [0.25, 0.3) is 0 Å². The van der Waals surface area contributed by atoms with Gasteiger partial charge in [-0.25, -0.2) is 4.79 Å². The van der Waals surface area contributed by atoms with Gasteiger partial charge in [0.1, 0.15) is 0 Å². The number of rotatable bonds is 6. The number of para-hydroxylation sites is 1. The van der Waals surface area contributed by atoms with Gasteiger partial charge in [-0.2, -0.15) is 0 Å². The molecular formula is C18H21N3O4. The Morgan fingerprint density at radius 3 is 2.28 bits per heavy atom. The third kappa shape index (κ3) is 4.41. The highest BCUT2D eigenvalue weighted by molar-refractivity contribution is 5.98. The number of hydrogen-bond donors (Lipinski definition) is 3. The minimum absolute atomic E-state index is 0.244. The summed E-state index contributed by atoms with van der Waals surface area (Å²) in [6.45, 7) is 1.86. The molecule has 2 aromatic rings. The molecule has 1 atom stereocenters. The van der Waals surface area contributed by atoms with Crippen molar-refractivity contribution < 1.29 is 19.1 Å². The van der Waals surface area contributed by atoms with E-state index in [1.165, 1.54) is 14.2 Å². The van der Waals surface area contributed by atoms with E-state index in [2.05, 4.69) is 10.6 Å². The Bertz CT molecular complexity index is 759. The van der Waals surface area contributed by atoms with E-state index < -0.39 is 6.03 Å². The summed E-state index contributed by atoms with van der Waals surface area (Å²) in [5, 5.41) is 5.40. The van der Waals surface area contributed by atoms with Crippen LogP contribution in [0.4, 0.5) is 10.5 Å². The molecule has 4 N–H and O–H groups in total. The molecule has 1 unspecified atom stereocenters. The Morgan fingerprint density at radius 2 is 1.72 bits per heavy atom. The SMILES string of the molecule is COc1cccc(C(=O)NC(C)c2ccc(NC(N)=O)cc2)c1OC. The molecule has 7 heteroatoms. The van der Waals surface area contributed by atoms with Crippen LogP contribution in [0.5, 0.6) is 11.5 Å². The van der Waals surface area contributed by atoms with Crippen molar-refractivity contribution in [2.24, 2.45) is 5.73 Å². The smallest absolute Gasteiger partial charge is 0.316 e. The van der Waals surface area contributed by atoms with Crippen LogP contribution in [-0.2, 0) is 0 Å². The van der Waals surface area contributed by atoms with Crippen molar-refractivity contribution in [3.63, 3.8) is 0 Å². The highest BCUT2D eigenvalue weighted by atomic mass is 16.5. The first-order valence-electron chi connectivity index (χ1n) is 7.64. The summed E-state index contributed by atoms with van der Waals surface area (Å²) >= 11 is 0. The van der Waals surface area contributed by atoms with E-state index in [-0.39, 0.29) is 11.9 Å². The fraction of sp³-hybridized carbons (Fsp3) is 0.222. The third-order valence-electron chi connectivity index (χ3n) is 3.67. The lowest BCUT2D eigenvalue weighted by atomic mass is 10.1. The molecule has 0 radical (unpaired) electrons. The molecule has 2 aromatic carbocycles. The van der Waals surface area contributed by atoms with E-state index in [0.29, 0.717) is 22.7 Å². The second-order valence-corrected chi connectivity index (χ2v) is 5.35. The van der Waals surface area contributed by atoms with E-state index in [9.17, 15) is 9.59 Å². The molecule has 2 rings (SSSR count). The van der Waals surface area contributed by atoms with Crippen LogP contribution in [0.3, 0.4) is 0 Å². The number of nitrogens with two attached hydrogens (primary N) is 1. The van der Waals surface area contributed by atoms with Gasteiger partial charge in [0.25, 0.3) is 5.91 Å². The van der Waals surface area contributed by atoms with Crippen molar-refractivity contribution in [2.75, 3.05) is 19.5 Å². The number of hydrogen-bond acceptors (Lipinski definition) is 4. The van der Waals surface area contributed by atoms with E-state index >= 15 is 0 Å². The fourth-order valence-corrected chi connectivity index (χ4v) is 2.42. The fourth-order valence-electron chi connectivity index (χ4n) is 2.42. The van der Waals surface area contributed by atoms with E-state index in [4.69, 9.17) is 15.2 Å². The topological polar surface area (TPSA) is 103 Å². The summed E-state index contributed by atoms with van der Waals surface area (Å²) in [4.78, 5) is 23.4. The van der Waals surface area contributed by atoms with Gasteiger partial charge < -0.3 is 25.8 Å². The van der Waals surface area contributed by atoms with Gasteiger partial charge in [0.2, 0.25) is 0 Å². The van der Waals surface area contributed by atoms with Crippen LogP contribution in [0, 0.1) is 0 Å². The molecule has 132 valence electrons. The molecule has 0 fully saturated rings. The number of carbonyl (C=O) groups excluding carboxylic acids is 2. The third-order valence-corrected chi connectivity index (χ3v) is 3.67. The zero-order valence-electron chi connectivity index (χ0n) is 14.3. The average Bonchev–Trinajstić information content (AvgIpc) is 2.60. The lowest BCUT2D eigenvalue weighted by molar-refractivity contribution is 0.0936. The molecule has 0 saturated heterocycles. The first-order chi connectivity index (χ1) is 12.0. The van der Waals surface area contributed by atoms with Crippen molar-refractivity contribution in [3.8, 4) is 11.5 Å². The lowest BCUT2D eigenvalue weighted by Gasteiger charge is -2.17. The van der Waals surface area contributed by atoms with E-state index in [1.54, 1.807) is 42.5 Å². The van der Waals surface area contributed by atoms with Crippen molar-refractivity contribution in [3.05, 3.63) is 53.6 Å². The predicted molar refractivity (Wildman–Crippen MR) is 95.1 cm³/mol. The monoisotopic (exact) mass is 343 g/mol. The van der Waals surface area contributed by atoms with Gasteiger partial charge in [-0.1, -0.05) is 18.2 Å². The quantitative estimate of drug-likeness (QED) is 0.750. The van der Waals surface area contributed by atoms with Crippen LogP contribution in [-0.4, -0.2) is 26.2 Å². The van der Waals surface area contributed by atoms with Crippen molar-refractivity contribution in [2.45, 2.75) is 13.0 Å². The van der Waals surface area contributed by atoms with Crippen LogP contribution in [0.2, 0.25) is 0 Å². The summed E-state index contributed by atoms with van der Waals surface area (Å²) in [5.74, 6) is 0.600. The molecule has 0 heterocycles. The van der Waals surface area contributed by atoms with Crippen LogP contribution in [0.15, 0.2) is 42.5 Å².